The molecule has 2 N–H and O–H groups in total. The third-order valence-corrected chi connectivity index (χ3v) is 2.45. The van der Waals surface area contributed by atoms with Crippen LogP contribution in [0.4, 0.5) is 4.39 Å². The Morgan fingerprint density at radius 1 is 1.47 bits per heavy atom. The first kappa shape index (κ1) is 10.1. The molecule has 0 unspecified atom stereocenters. The Hall–Kier alpha value is -1.42. The lowest BCUT2D eigenvalue weighted by atomic mass is 10.1. The summed E-state index contributed by atoms with van der Waals surface area (Å²) in [4.78, 5) is 0. The molecule has 0 aliphatic carbocycles. The monoisotopic (exact) mass is 207 g/mol. The molecule has 80 valence electrons. The molecule has 2 aromatic rings. The first-order chi connectivity index (χ1) is 7.31. The molecule has 1 heterocycles. The van der Waals surface area contributed by atoms with Crippen molar-refractivity contribution in [3.8, 4) is 0 Å². The number of halogens is 1. The minimum Gasteiger partial charge on any atom is -0.320 e. The van der Waals surface area contributed by atoms with Crippen molar-refractivity contribution < 1.29 is 4.39 Å². The zero-order valence-corrected chi connectivity index (χ0v) is 8.68. The zero-order chi connectivity index (χ0) is 10.7. The number of H-pyrrole nitrogens is 1. The van der Waals surface area contributed by atoms with Crippen LogP contribution in [0, 0.1) is 5.82 Å². The number of nitrogens with one attached hydrogen (secondary N) is 2. The topological polar surface area (TPSA) is 40.7 Å². The van der Waals surface area contributed by atoms with Gasteiger partial charge in [0.25, 0.3) is 0 Å². The van der Waals surface area contributed by atoms with E-state index in [1.165, 1.54) is 12.1 Å². The summed E-state index contributed by atoms with van der Waals surface area (Å²) in [5, 5.41) is 11.1. The second-order valence-electron chi connectivity index (χ2n) is 3.57. The number of hydrogen-bond donors (Lipinski definition) is 2. The van der Waals surface area contributed by atoms with Crippen LogP contribution < -0.4 is 5.32 Å². The zero-order valence-electron chi connectivity index (χ0n) is 8.68. The average molecular weight is 207 g/mol. The number of benzene rings is 1. The fraction of sp³-hybridized carbons (Fsp3) is 0.364. The molecule has 4 heteroatoms. The normalized spacial score (nSPS) is 11.1. The Bertz CT molecular complexity index is 450. The van der Waals surface area contributed by atoms with E-state index in [1.54, 1.807) is 6.07 Å². The summed E-state index contributed by atoms with van der Waals surface area (Å²) in [7, 11) is 1.93. The lowest BCUT2D eigenvalue weighted by Gasteiger charge is -1.98. The van der Waals surface area contributed by atoms with Crippen LogP contribution in [0.25, 0.3) is 10.9 Å². The van der Waals surface area contributed by atoms with Crippen LogP contribution in [-0.4, -0.2) is 23.8 Å². The van der Waals surface area contributed by atoms with Gasteiger partial charge in [-0.2, -0.15) is 5.10 Å². The van der Waals surface area contributed by atoms with E-state index in [0.29, 0.717) is 5.52 Å². The van der Waals surface area contributed by atoms with Crippen molar-refractivity contribution in [1.29, 1.82) is 0 Å². The van der Waals surface area contributed by atoms with E-state index in [1.807, 2.05) is 7.05 Å². The van der Waals surface area contributed by atoms with Crippen LogP contribution in [0.2, 0.25) is 0 Å². The van der Waals surface area contributed by atoms with Crippen molar-refractivity contribution in [2.75, 3.05) is 13.6 Å². The highest BCUT2D eigenvalue weighted by Crippen LogP contribution is 2.17. The summed E-state index contributed by atoms with van der Waals surface area (Å²) in [5.41, 5.74) is 1.79. The molecule has 0 radical (unpaired) electrons. The Balaban J connectivity index is 2.21. The molecule has 0 amide bonds. The highest BCUT2D eigenvalue weighted by molar-refractivity contribution is 5.81. The second kappa shape index (κ2) is 4.40. The highest BCUT2D eigenvalue weighted by Gasteiger charge is 2.05. The predicted molar refractivity (Wildman–Crippen MR) is 58.3 cm³/mol. The van der Waals surface area contributed by atoms with E-state index in [4.69, 9.17) is 0 Å². The molecule has 0 spiro atoms. The van der Waals surface area contributed by atoms with Gasteiger partial charge in [0.2, 0.25) is 0 Å². The van der Waals surface area contributed by atoms with Gasteiger partial charge in [0.05, 0.1) is 5.52 Å². The summed E-state index contributed by atoms with van der Waals surface area (Å²) >= 11 is 0. The van der Waals surface area contributed by atoms with Gasteiger partial charge in [0.1, 0.15) is 5.82 Å². The molecule has 0 atom stereocenters. The summed E-state index contributed by atoms with van der Waals surface area (Å²) in [6.07, 6.45) is 1.98. The van der Waals surface area contributed by atoms with Gasteiger partial charge in [-0.05, 0) is 38.6 Å². The van der Waals surface area contributed by atoms with E-state index in [0.717, 1.165) is 30.5 Å². The lowest BCUT2D eigenvalue weighted by Crippen LogP contribution is -2.08. The molecule has 3 nitrogen and oxygen atoms in total. The molecule has 0 aliphatic rings. The van der Waals surface area contributed by atoms with Gasteiger partial charge in [0.15, 0.2) is 0 Å². The van der Waals surface area contributed by atoms with E-state index in [2.05, 4.69) is 15.5 Å². The van der Waals surface area contributed by atoms with Crippen molar-refractivity contribution >= 4 is 10.9 Å². The van der Waals surface area contributed by atoms with Crippen LogP contribution in [-0.2, 0) is 6.42 Å². The van der Waals surface area contributed by atoms with Crippen LogP contribution in [0.1, 0.15) is 12.1 Å². The van der Waals surface area contributed by atoms with Crippen molar-refractivity contribution in [3.63, 3.8) is 0 Å². The second-order valence-corrected chi connectivity index (χ2v) is 3.57. The van der Waals surface area contributed by atoms with E-state index >= 15 is 0 Å². The number of aryl methyl sites for hydroxylation is 1. The van der Waals surface area contributed by atoms with E-state index < -0.39 is 0 Å². The standard InChI is InChI=1S/C11H14FN3/c1-13-6-2-3-10-9-5-4-8(12)7-11(9)15-14-10/h4-5,7,13H,2-3,6H2,1H3,(H,14,15). The van der Waals surface area contributed by atoms with Crippen molar-refractivity contribution in [3.05, 3.63) is 29.7 Å². The Labute approximate surface area is 87.7 Å². The van der Waals surface area contributed by atoms with Crippen molar-refractivity contribution in [2.24, 2.45) is 0 Å². The molecule has 0 fully saturated rings. The molecule has 1 aromatic carbocycles. The number of nitrogens with zero attached hydrogens (tertiary/aromatic N) is 1. The smallest absolute Gasteiger partial charge is 0.125 e. The largest absolute Gasteiger partial charge is 0.320 e. The summed E-state index contributed by atoms with van der Waals surface area (Å²) < 4.78 is 12.9. The van der Waals surface area contributed by atoms with Crippen molar-refractivity contribution in [1.82, 2.24) is 15.5 Å². The molecule has 0 bridgehead atoms. The first-order valence-electron chi connectivity index (χ1n) is 5.08. The quantitative estimate of drug-likeness (QED) is 0.751. The highest BCUT2D eigenvalue weighted by atomic mass is 19.1. The van der Waals surface area contributed by atoms with Gasteiger partial charge in [-0.3, -0.25) is 5.10 Å². The number of aromatic nitrogens is 2. The van der Waals surface area contributed by atoms with Gasteiger partial charge in [-0.1, -0.05) is 0 Å². The predicted octanol–water partition coefficient (Wildman–Crippen LogP) is 1.85. The fourth-order valence-corrected chi connectivity index (χ4v) is 1.67. The van der Waals surface area contributed by atoms with Crippen LogP contribution >= 0.6 is 0 Å². The lowest BCUT2D eigenvalue weighted by molar-refractivity contribution is 0.629. The SMILES string of the molecule is CNCCCc1[nH]nc2cc(F)ccc12. The maximum absolute atomic E-state index is 12.9. The third-order valence-electron chi connectivity index (χ3n) is 2.45. The van der Waals surface area contributed by atoms with Gasteiger partial charge in [-0.25, -0.2) is 4.39 Å². The molecule has 15 heavy (non-hydrogen) atoms. The summed E-state index contributed by atoms with van der Waals surface area (Å²) in [6, 6.07) is 4.70. The average Bonchev–Trinajstić information content (AvgIpc) is 2.61. The molecular formula is C11H14FN3. The van der Waals surface area contributed by atoms with E-state index in [-0.39, 0.29) is 5.82 Å². The first-order valence-corrected chi connectivity index (χ1v) is 5.08. The summed E-state index contributed by atoms with van der Waals surface area (Å²) in [5.74, 6) is -0.240. The third kappa shape index (κ3) is 2.15. The van der Waals surface area contributed by atoms with Gasteiger partial charge in [0, 0.05) is 17.1 Å². The van der Waals surface area contributed by atoms with Gasteiger partial charge < -0.3 is 5.32 Å². The summed E-state index contributed by atoms with van der Waals surface area (Å²) in [6.45, 7) is 0.974. The maximum atomic E-state index is 12.9. The molecule has 0 aliphatic heterocycles. The van der Waals surface area contributed by atoms with Crippen LogP contribution in [0.5, 0.6) is 0 Å². The Kier molecular flexibility index (Phi) is 2.97. The number of aromatic amines is 1. The molecular weight excluding hydrogens is 193 g/mol. The number of rotatable bonds is 4. The molecule has 2 rings (SSSR count). The Morgan fingerprint density at radius 2 is 2.33 bits per heavy atom. The maximum Gasteiger partial charge on any atom is 0.125 e. The minimum absolute atomic E-state index is 0.240. The van der Waals surface area contributed by atoms with Gasteiger partial charge in [-0.15, -0.1) is 0 Å². The van der Waals surface area contributed by atoms with Crippen LogP contribution in [0.3, 0.4) is 0 Å². The number of hydrogen-bond acceptors (Lipinski definition) is 2. The van der Waals surface area contributed by atoms with Crippen LogP contribution in [0.15, 0.2) is 18.2 Å². The minimum atomic E-state index is -0.240. The molecule has 0 saturated heterocycles. The Morgan fingerprint density at radius 3 is 3.13 bits per heavy atom. The van der Waals surface area contributed by atoms with Crippen molar-refractivity contribution in [2.45, 2.75) is 12.8 Å². The van der Waals surface area contributed by atoms with Gasteiger partial charge >= 0.3 is 0 Å². The van der Waals surface area contributed by atoms with E-state index in [9.17, 15) is 4.39 Å². The molecule has 0 saturated carbocycles. The molecule has 1 aromatic heterocycles. The number of fused-ring (bicyclic) bond motifs is 1. The fourth-order valence-electron chi connectivity index (χ4n) is 1.67.